The van der Waals surface area contributed by atoms with E-state index in [9.17, 15) is 4.79 Å². The van der Waals surface area contributed by atoms with Crippen LogP contribution >= 0.6 is 0 Å². The normalized spacial score (nSPS) is 10.5. The van der Waals surface area contributed by atoms with Crippen LogP contribution in [0.5, 0.6) is 0 Å². The molecule has 0 aromatic heterocycles. The van der Waals surface area contributed by atoms with Crippen LogP contribution in [0.1, 0.15) is 46.5 Å². The summed E-state index contributed by atoms with van der Waals surface area (Å²) in [6.07, 6.45) is 2.58. The maximum atomic E-state index is 11.2. The molecule has 0 rings (SSSR count). The van der Waals surface area contributed by atoms with Crippen LogP contribution in [0.25, 0.3) is 0 Å². The Morgan fingerprint density at radius 1 is 1.38 bits per heavy atom. The van der Waals surface area contributed by atoms with E-state index in [-0.39, 0.29) is 11.3 Å². The van der Waals surface area contributed by atoms with Gasteiger partial charge in [-0.2, -0.15) is 0 Å². The second-order valence-corrected chi connectivity index (χ2v) is 3.95. The molecule has 74 valence electrons. The predicted octanol–water partition coefficient (Wildman–Crippen LogP) is 1.88. The smallest absolute Gasteiger partial charge is 0.133 e. The van der Waals surface area contributed by atoms with E-state index >= 15 is 0 Å². The highest BCUT2D eigenvalue weighted by molar-refractivity contribution is 5.78. The minimum absolute atomic E-state index is 0.230. The fourth-order valence-electron chi connectivity index (χ4n) is 0.914. The molecule has 0 spiro atoms. The lowest BCUT2D eigenvalue weighted by molar-refractivity contribution is -0.119. The van der Waals surface area contributed by atoms with Crippen LogP contribution in [0.2, 0.25) is 0 Å². The lowest BCUT2D eigenvalue weighted by atomic mass is 9.97. The van der Waals surface area contributed by atoms with E-state index in [2.05, 4.69) is 11.8 Å². The van der Waals surface area contributed by atoms with Gasteiger partial charge in [-0.1, -0.05) is 0 Å². The molecule has 0 aliphatic rings. The van der Waals surface area contributed by atoms with Crippen molar-refractivity contribution >= 4 is 5.78 Å². The third-order valence-electron chi connectivity index (χ3n) is 1.75. The van der Waals surface area contributed by atoms with E-state index in [1.54, 1.807) is 6.92 Å². The van der Waals surface area contributed by atoms with Gasteiger partial charge in [0.25, 0.3) is 0 Å². The van der Waals surface area contributed by atoms with Gasteiger partial charge in [-0.05, 0) is 27.2 Å². The lowest BCUT2D eigenvalue weighted by Gasteiger charge is -2.16. The van der Waals surface area contributed by atoms with Crippen molar-refractivity contribution in [1.29, 1.82) is 0 Å². The van der Waals surface area contributed by atoms with E-state index < -0.39 is 0 Å². The second-order valence-electron chi connectivity index (χ2n) is 3.95. The standard InChI is InChI=1S/C11H19NO/c1-4-5-6-7-10(13)8-9-11(2,3)12/h6-9,12H2,1-3H3. The summed E-state index contributed by atoms with van der Waals surface area (Å²) in [5.74, 6) is 5.91. The zero-order chi connectivity index (χ0) is 10.3. The van der Waals surface area contributed by atoms with Crippen LogP contribution in [-0.4, -0.2) is 11.3 Å². The molecule has 0 radical (unpaired) electrons. The van der Waals surface area contributed by atoms with Crippen LogP contribution in [0, 0.1) is 11.8 Å². The van der Waals surface area contributed by atoms with E-state index in [4.69, 9.17) is 5.73 Å². The Labute approximate surface area is 80.9 Å². The first-order valence-electron chi connectivity index (χ1n) is 4.66. The van der Waals surface area contributed by atoms with Crippen LogP contribution in [0.4, 0.5) is 0 Å². The fraction of sp³-hybridized carbons (Fsp3) is 0.727. The molecule has 0 amide bonds. The lowest BCUT2D eigenvalue weighted by Crippen LogP contribution is -2.32. The van der Waals surface area contributed by atoms with Gasteiger partial charge in [0.15, 0.2) is 0 Å². The molecule has 0 heterocycles. The average Bonchev–Trinajstić information content (AvgIpc) is 2.00. The SMILES string of the molecule is CC#CCCC(=O)CCC(C)(C)N. The highest BCUT2D eigenvalue weighted by Crippen LogP contribution is 2.08. The Bertz CT molecular complexity index is 214. The third kappa shape index (κ3) is 9.10. The summed E-state index contributed by atoms with van der Waals surface area (Å²) in [7, 11) is 0. The highest BCUT2D eigenvalue weighted by Gasteiger charge is 2.12. The highest BCUT2D eigenvalue weighted by atomic mass is 16.1. The molecular formula is C11H19NO. The summed E-state index contributed by atoms with van der Waals surface area (Å²) in [4.78, 5) is 11.2. The molecule has 0 atom stereocenters. The van der Waals surface area contributed by atoms with Gasteiger partial charge in [-0.15, -0.1) is 11.8 Å². The van der Waals surface area contributed by atoms with Crippen molar-refractivity contribution in [2.24, 2.45) is 5.73 Å². The van der Waals surface area contributed by atoms with E-state index in [1.807, 2.05) is 13.8 Å². The summed E-state index contributed by atoms with van der Waals surface area (Å²) in [5.41, 5.74) is 5.53. The van der Waals surface area contributed by atoms with E-state index in [0.717, 1.165) is 6.42 Å². The van der Waals surface area contributed by atoms with Crippen LogP contribution in [0.15, 0.2) is 0 Å². The molecule has 2 heteroatoms. The molecule has 13 heavy (non-hydrogen) atoms. The fourth-order valence-corrected chi connectivity index (χ4v) is 0.914. The summed E-state index contributed by atoms with van der Waals surface area (Å²) < 4.78 is 0. The van der Waals surface area contributed by atoms with Crippen molar-refractivity contribution in [2.45, 2.75) is 52.0 Å². The number of nitrogens with two attached hydrogens (primary N) is 1. The first-order chi connectivity index (χ1) is 5.95. The molecule has 0 saturated heterocycles. The van der Waals surface area contributed by atoms with Crippen molar-refractivity contribution < 1.29 is 4.79 Å². The number of hydrogen-bond donors (Lipinski definition) is 1. The molecule has 0 fully saturated rings. The molecule has 0 aromatic rings. The number of hydrogen-bond acceptors (Lipinski definition) is 2. The largest absolute Gasteiger partial charge is 0.326 e. The molecule has 0 aliphatic carbocycles. The van der Waals surface area contributed by atoms with Crippen LogP contribution in [0.3, 0.4) is 0 Å². The van der Waals surface area contributed by atoms with Gasteiger partial charge < -0.3 is 5.73 Å². The van der Waals surface area contributed by atoms with Gasteiger partial charge in [0.2, 0.25) is 0 Å². The Balaban J connectivity index is 3.56. The zero-order valence-electron chi connectivity index (χ0n) is 8.81. The Morgan fingerprint density at radius 2 is 2.00 bits per heavy atom. The molecule has 0 aromatic carbocycles. The monoisotopic (exact) mass is 181 g/mol. The molecular weight excluding hydrogens is 162 g/mol. The molecule has 2 N–H and O–H groups in total. The van der Waals surface area contributed by atoms with E-state index in [1.165, 1.54) is 0 Å². The van der Waals surface area contributed by atoms with Crippen molar-refractivity contribution in [3.05, 3.63) is 0 Å². The molecule has 0 aliphatic heterocycles. The summed E-state index contributed by atoms with van der Waals surface area (Å²) >= 11 is 0. The van der Waals surface area contributed by atoms with Gasteiger partial charge >= 0.3 is 0 Å². The maximum absolute atomic E-state index is 11.2. The van der Waals surface area contributed by atoms with Gasteiger partial charge in [0.1, 0.15) is 5.78 Å². The topological polar surface area (TPSA) is 43.1 Å². The summed E-state index contributed by atoms with van der Waals surface area (Å²) in [5, 5.41) is 0. The van der Waals surface area contributed by atoms with Crippen molar-refractivity contribution in [3.63, 3.8) is 0 Å². The van der Waals surface area contributed by atoms with Crippen molar-refractivity contribution in [1.82, 2.24) is 0 Å². The van der Waals surface area contributed by atoms with Gasteiger partial charge in [0, 0.05) is 24.8 Å². The number of carbonyl (C=O) groups is 1. The van der Waals surface area contributed by atoms with Gasteiger partial charge in [0.05, 0.1) is 0 Å². The van der Waals surface area contributed by atoms with Crippen molar-refractivity contribution in [3.8, 4) is 11.8 Å². The number of ketones is 1. The van der Waals surface area contributed by atoms with Crippen LogP contribution < -0.4 is 5.73 Å². The van der Waals surface area contributed by atoms with Gasteiger partial charge in [-0.25, -0.2) is 0 Å². The first-order valence-corrected chi connectivity index (χ1v) is 4.66. The average molecular weight is 181 g/mol. The summed E-state index contributed by atoms with van der Waals surface area (Å²) in [6.45, 7) is 5.66. The molecule has 0 saturated carbocycles. The molecule has 0 bridgehead atoms. The van der Waals surface area contributed by atoms with Gasteiger partial charge in [-0.3, -0.25) is 4.79 Å². The quantitative estimate of drug-likeness (QED) is 0.658. The predicted molar refractivity (Wildman–Crippen MR) is 55.2 cm³/mol. The summed E-state index contributed by atoms with van der Waals surface area (Å²) in [6, 6.07) is 0. The van der Waals surface area contributed by atoms with E-state index in [0.29, 0.717) is 19.3 Å². The number of rotatable bonds is 5. The zero-order valence-corrected chi connectivity index (χ0v) is 8.81. The third-order valence-corrected chi connectivity index (χ3v) is 1.75. The second kappa shape index (κ2) is 5.77. The minimum Gasteiger partial charge on any atom is -0.326 e. The van der Waals surface area contributed by atoms with Crippen molar-refractivity contribution in [2.75, 3.05) is 0 Å². The molecule has 0 unspecified atom stereocenters. The molecule has 2 nitrogen and oxygen atoms in total. The number of Topliss-reactive ketones (excluding diaryl/α,β-unsaturated/α-hetero) is 1. The van der Waals surface area contributed by atoms with Crippen LogP contribution in [-0.2, 0) is 4.79 Å². The maximum Gasteiger partial charge on any atom is 0.133 e. The number of carbonyl (C=O) groups excluding carboxylic acids is 1. The Kier molecular flexibility index (Phi) is 5.41. The first kappa shape index (κ1) is 12.2. The Hall–Kier alpha value is -0.810. The minimum atomic E-state index is -0.230. The Morgan fingerprint density at radius 3 is 2.46 bits per heavy atom.